The SMILES string of the molecule is CC1Oc2cc(OC[C@H](CC3CCCC3)NC(=O)O)ccc2-c2ccncc21. The maximum absolute atomic E-state index is 11.1. The summed E-state index contributed by atoms with van der Waals surface area (Å²) in [6.45, 7) is 2.32. The summed E-state index contributed by atoms with van der Waals surface area (Å²) in [7, 11) is 0. The average Bonchev–Trinajstić information content (AvgIpc) is 3.19. The monoisotopic (exact) mass is 382 g/mol. The molecule has 2 heterocycles. The number of fused-ring (bicyclic) bond motifs is 3. The zero-order valence-corrected chi connectivity index (χ0v) is 16.1. The average molecular weight is 382 g/mol. The van der Waals surface area contributed by atoms with Crippen molar-refractivity contribution >= 4 is 6.09 Å². The Bertz CT molecular complexity index is 848. The van der Waals surface area contributed by atoms with Crippen molar-refractivity contribution in [2.24, 2.45) is 5.92 Å². The van der Waals surface area contributed by atoms with E-state index >= 15 is 0 Å². The second-order valence-electron chi connectivity index (χ2n) is 7.72. The van der Waals surface area contributed by atoms with Crippen LogP contribution in [0.1, 0.15) is 50.7 Å². The predicted molar refractivity (Wildman–Crippen MR) is 106 cm³/mol. The van der Waals surface area contributed by atoms with Crippen LogP contribution >= 0.6 is 0 Å². The number of hydrogen-bond donors (Lipinski definition) is 2. The van der Waals surface area contributed by atoms with Gasteiger partial charge in [0.1, 0.15) is 24.2 Å². The molecule has 2 N–H and O–H groups in total. The summed E-state index contributed by atoms with van der Waals surface area (Å²) in [5, 5.41) is 11.8. The van der Waals surface area contributed by atoms with E-state index in [4.69, 9.17) is 14.6 Å². The lowest BCUT2D eigenvalue weighted by molar-refractivity contribution is 0.175. The van der Waals surface area contributed by atoms with Gasteiger partial charge in [-0.1, -0.05) is 25.7 Å². The van der Waals surface area contributed by atoms with Crippen LogP contribution in [0.4, 0.5) is 4.79 Å². The zero-order valence-electron chi connectivity index (χ0n) is 16.1. The molecule has 2 atom stereocenters. The van der Waals surface area contributed by atoms with Gasteiger partial charge in [-0.2, -0.15) is 0 Å². The summed E-state index contributed by atoms with van der Waals surface area (Å²) in [6.07, 6.45) is 8.22. The highest BCUT2D eigenvalue weighted by atomic mass is 16.5. The van der Waals surface area contributed by atoms with Crippen molar-refractivity contribution in [1.29, 1.82) is 0 Å². The Labute approximate surface area is 164 Å². The molecular formula is C22H26N2O4. The Morgan fingerprint density at radius 2 is 2.14 bits per heavy atom. The number of amides is 1. The first-order valence-corrected chi connectivity index (χ1v) is 9.97. The van der Waals surface area contributed by atoms with Gasteiger partial charge in [0.15, 0.2) is 0 Å². The van der Waals surface area contributed by atoms with Crippen LogP contribution in [-0.4, -0.2) is 28.8 Å². The van der Waals surface area contributed by atoms with Crippen molar-refractivity contribution in [3.8, 4) is 22.6 Å². The van der Waals surface area contributed by atoms with E-state index in [1.807, 2.05) is 37.4 Å². The van der Waals surface area contributed by atoms with Crippen molar-refractivity contribution in [2.75, 3.05) is 6.61 Å². The molecule has 0 radical (unpaired) electrons. The highest BCUT2D eigenvalue weighted by Crippen LogP contribution is 2.43. The van der Waals surface area contributed by atoms with E-state index in [-0.39, 0.29) is 12.1 Å². The van der Waals surface area contributed by atoms with Crippen molar-refractivity contribution in [3.05, 3.63) is 42.2 Å². The fraction of sp³-hybridized carbons (Fsp3) is 0.455. The van der Waals surface area contributed by atoms with Gasteiger partial charge in [-0.15, -0.1) is 0 Å². The smallest absolute Gasteiger partial charge is 0.404 e. The predicted octanol–water partition coefficient (Wildman–Crippen LogP) is 4.80. The number of carboxylic acid groups (broad SMARTS) is 1. The number of aromatic nitrogens is 1. The molecule has 2 aromatic rings. The molecular weight excluding hydrogens is 356 g/mol. The molecule has 1 aliphatic carbocycles. The van der Waals surface area contributed by atoms with Crippen molar-refractivity contribution in [1.82, 2.24) is 10.3 Å². The van der Waals surface area contributed by atoms with Gasteiger partial charge in [0, 0.05) is 29.6 Å². The van der Waals surface area contributed by atoms with Gasteiger partial charge in [0.05, 0.1) is 6.04 Å². The molecule has 1 aromatic heterocycles. The Morgan fingerprint density at radius 3 is 2.93 bits per heavy atom. The topological polar surface area (TPSA) is 80.7 Å². The maximum Gasteiger partial charge on any atom is 0.404 e. The number of nitrogens with one attached hydrogen (secondary N) is 1. The van der Waals surface area contributed by atoms with Gasteiger partial charge in [-0.25, -0.2) is 4.79 Å². The summed E-state index contributed by atoms with van der Waals surface area (Å²) in [6, 6.07) is 7.59. The number of pyridine rings is 1. The fourth-order valence-corrected chi connectivity index (χ4v) is 4.33. The molecule has 6 heteroatoms. The van der Waals surface area contributed by atoms with E-state index in [9.17, 15) is 4.79 Å². The number of nitrogens with zero attached hydrogens (tertiary/aromatic N) is 1. The van der Waals surface area contributed by atoms with Crippen LogP contribution in [0, 0.1) is 5.92 Å². The van der Waals surface area contributed by atoms with Crippen molar-refractivity contribution < 1.29 is 19.4 Å². The van der Waals surface area contributed by atoms with E-state index in [2.05, 4.69) is 10.3 Å². The lowest BCUT2D eigenvalue weighted by Gasteiger charge is -2.26. The van der Waals surface area contributed by atoms with Crippen LogP contribution in [0.3, 0.4) is 0 Å². The molecule has 0 spiro atoms. The van der Waals surface area contributed by atoms with E-state index in [0.29, 0.717) is 18.3 Å². The summed E-state index contributed by atoms with van der Waals surface area (Å²) < 4.78 is 12.0. The number of hydrogen-bond acceptors (Lipinski definition) is 4. The van der Waals surface area contributed by atoms with Crippen molar-refractivity contribution in [2.45, 2.75) is 51.2 Å². The molecule has 1 amide bonds. The first-order chi connectivity index (χ1) is 13.6. The first kappa shape index (κ1) is 18.6. The Kier molecular flexibility index (Phi) is 5.37. The van der Waals surface area contributed by atoms with Gasteiger partial charge in [0.25, 0.3) is 0 Å². The number of benzene rings is 1. The molecule has 1 fully saturated rings. The third-order valence-corrected chi connectivity index (χ3v) is 5.71. The van der Waals surface area contributed by atoms with Gasteiger partial charge >= 0.3 is 6.09 Å². The summed E-state index contributed by atoms with van der Waals surface area (Å²) in [5.41, 5.74) is 3.22. The van der Waals surface area contributed by atoms with Gasteiger partial charge < -0.3 is 19.9 Å². The van der Waals surface area contributed by atoms with Crippen molar-refractivity contribution in [3.63, 3.8) is 0 Å². The lowest BCUT2D eigenvalue weighted by atomic mass is 9.95. The van der Waals surface area contributed by atoms with Crippen LogP contribution in [0.25, 0.3) is 11.1 Å². The molecule has 28 heavy (non-hydrogen) atoms. The molecule has 2 aliphatic rings. The zero-order chi connectivity index (χ0) is 19.5. The third kappa shape index (κ3) is 4.06. The first-order valence-electron chi connectivity index (χ1n) is 9.97. The minimum atomic E-state index is -1.00. The Balaban J connectivity index is 1.46. The molecule has 1 saturated carbocycles. The van der Waals surface area contributed by atoms with Gasteiger partial charge in [-0.05, 0) is 43.0 Å². The second kappa shape index (κ2) is 8.09. The molecule has 148 valence electrons. The standard InChI is InChI=1S/C22H26N2O4/c1-14-20-12-23-9-8-18(20)19-7-6-17(11-21(19)28-14)27-13-16(24-22(25)26)10-15-4-2-3-5-15/h6-9,11-12,14-16,24H,2-5,10,13H2,1H3,(H,25,26)/t14?,16-/m0/s1. The van der Waals surface area contributed by atoms with Crippen LogP contribution in [0.5, 0.6) is 11.5 Å². The van der Waals surface area contributed by atoms with E-state index in [1.54, 1.807) is 6.20 Å². The third-order valence-electron chi connectivity index (χ3n) is 5.71. The van der Waals surface area contributed by atoms with Gasteiger partial charge in [0.2, 0.25) is 0 Å². The highest BCUT2D eigenvalue weighted by molar-refractivity contribution is 5.76. The van der Waals surface area contributed by atoms with E-state index < -0.39 is 6.09 Å². The quantitative estimate of drug-likeness (QED) is 0.750. The minimum absolute atomic E-state index is 0.0738. The molecule has 1 unspecified atom stereocenters. The summed E-state index contributed by atoms with van der Waals surface area (Å²) in [5.74, 6) is 2.05. The fourth-order valence-electron chi connectivity index (χ4n) is 4.33. The molecule has 6 nitrogen and oxygen atoms in total. The van der Waals surface area contributed by atoms with Crippen LogP contribution in [0.2, 0.25) is 0 Å². The van der Waals surface area contributed by atoms with Crippen LogP contribution in [-0.2, 0) is 0 Å². The number of rotatable bonds is 6. The Morgan fingerprint density at radius 1 is 1.32 bits per heavy atom. The highest BCUT2D eigenvalue weighted by Gasteiger charge is 2.24. The largest absolute Gasteiger partial charge is 0.491 e. The molecule has 1 aliphatic heterocycles. The lowest BCUT2D eigenvalue weighted by Crippen LogP contribution is -2.39. The minimum Gasteiger partial charge on any atom is -0.491 e. The molecule has 0 bridgehead atoms. The summed E-state index contributed by atoms with van der Waals surface area (Å²) in [4.78, 5) is 15.3. The van der Waals surface area contributed by atoms with Crippen LogP contribution in [0.15, 0.2) is 36.7 Å². The maximum atomic E-state index is 11.1. The Hall–Kier alpha value is -2.76. The molecule has 0 saturated heterocycles. The molecule has 1 aromatic carbocycles. The second-order valence-corrected chi connectivity index (χ2v) is 7.72. The van der Waals surface area contributed by atoms with E-state index in [0.717, 1.165) is 28.9 Å². The van der Waals surface area contributed by atoms with Crippen LogP contribution < -0.4 is 14.8 Å². The normalized spacial score (nSPS) is 19.2. The van der Waals surface area contributed by atoms with E-state index in [1.165, 1.54) is 25.7 Å². The molecule has 4 rings (SSSR count). The number of ether oxygens (including phenoxy) is 2. The summed E-state index contributed by atoms with van der Waals surface area (Å²) >= 11 is 0. The van der Waals surface area contributed by atoms with Gasteiger partial charge in [-0.3, -0.25) is 4.98 Å². The number of carbonyl (C=O) groups is 1.